The van der Waals surface area contributed by atoms with Gasteiger partial charge >= 0.3 is 6.03 Å². The fourth-order valence-electron chi connectivity index (χ4n) is 2.59. The number of urea groups is 1. The second-order valence-corrected chi connectivity index (χ2v) is 6.87. The zero-order valence-electron chi connectivity index (χ0n) is 17.2. The number of nitrogens with zero attached hydrogens (tertiary/aromatic N) is 1. The van der Waals surface area contributed by atoms with Crippen LogP contribution < -0.4 is 25.5 Å². The van der Waals surface area contributed by atoms with E-state index in [9.17, 15) is 9.59 Å². The molecule has 0 heterocycles. The van der Waals surface area contributed by atoms with Gasteiger partial charge in [-0.3, -0.25) is 4.79 Å². The molecule has 164 valence electrons. The molecule has 3 aromatic carbocycles. The van der Waals surface area contributed by atoms with Crippen LogP contribution >= 0.6 is 11.6 Å². The minimum absolute atomic E-state index is 0.215. The van der Waals surface area contributed by atoms with Crippen LogP contribution in [0, 0.1) is 0 Å². The molecule has 0 saturated heterocycles. The highest BCUT2D eigenvalue weighted by Gasteiger charge is 2.05. The van der Waals surface area contributed by atoms with Crippen molar-refractivity contribution in [1.82, 2.24) is 5.43 Å². The van der Waals surface area contributed by atoms with Crippen LogP contribution in [0.5, 0.6) is 11.5 Å². The average molecular weight is 453 g/mol. The number of para-hydroxylation sites is 1. The summed E-state index contributed by atoms with van der Waals surface area (Å²) in [4.78, 5) is 24.0. The van der Waals surface area contributed by atoms with Crippen molar-refractivity contribution < 1.29 is 19.1 Å². The van der Waals surface area contributed by atoms with Gasteiger partial charge in [0.05, 0.1) is 13.3 Å². The minimum atomic E-state index is -0.416. The first kappa shape index (κ1) is 22.6. The molecule has 0 fully saturated rings. The molecule has 0 aliphatic heterocycles. The Balaban J connectivity index is 1.43. The van der Waals surface area contributed by atoms with Gasteiger partial charge in [0.25, 0.3) is 5.91 Å². The van der Waals surface area contributed by atoms with Crippen molar-refractivity contribution in [2.24, 2.45) is 5.10 Å². The number of amides is 3. The fourth-order valence-corrected chi connectivity index (χ4v) is 2.72. The Morgan fingerprint density at radius 2 is 1.56 bits per heavy atom. The van der Waals surface area contributed by atoms with Gasteiger partial charge in [-0.1, -0.05) is 23.7 Å². The Kier molecular flexibility index (Phi) is 8.05. The third kappa shape index (κ3) is 7.03. The maximum atomic E-state index is 12.0. The van der Waals surface area contributed by atoms with Gasteiger partial charge in [-0.05, 0) is 60.7 Å². The largest absolute Gasteiger partial charge is 0.496 e. The van der Waals surface area contributed by atoms with E-state index >= 15 is 0 Å². The summed E-state index contributed by atoms with van der Waals surface area (Å²) in [7, 11) is 1.56. The van der Waals surface area contributed by atoms with E-state index in [2.05, 4.69) is 21.2 Å². The van der Waals surface area contributed by atoms with E-state index in [1.807, 2.05) is 18.2 Å². The molecule has 0 atom stereocenters. The van der Waals surface area contributed by atoms with E-state index in [1.165, 1.54) is 6.21 Å². The zero-order valence-corrected chi connectivity index (χ0v) is 17.9. The van der Waals surface area contributed by atoms with E-state index in [-0.39, 0.29) is 6.61 Å². The average Bonchev–Trinajstić information content (AvgIpc) is 2.80. The van der Waals surface area contributed by atoms with Gasteiger partial charge in [0.2, 0.25) is 0 Å². The van der Waals surface area contributed by atoms with Crippen LogP contribution in [-0.4, -0.2) is 31.9 Å². The number of benzene rings is 3. The number of carbonyl (C=O) groups excluding carboxylic acids is 2. The van der Waals surface area contributed by atoms with E-state index in [0.29, 0.717) is 27.9 Å². The first-order chi connectivity index (χ1) is 15.5. The van der Waals surface area contributed by atoms with E-state index < -0.39 is 11.9 Å². The Bertz CT molecular complexity index is 1090. The standard InChI is InChI=1S/C23H21ClN4O4/c1-31-21-5-3-2-4-16(21)14-25-28-22(29)15-32-20-12-10-19(11-13-20)27-23(30)26-18-8-6-17(24)7-9-18/h2-14H,15H2,1H3,(H,28,29)(H2,26,27,30)/b25-14+. The van der Waals surface area contributed by atoms with Crippen LogP contribution in [0.3, 0.4) is 0 Å². The number of ether oxygens (including phenoxy) is 2. The maximum Gasteiger partial charge on any atom is 0.323 e. The SMILES string of the molecule is COc1ccccc1/C=N/NC(=O)COc1ccc(NC(=O)Nc2ccc(Cl)cc2)cc1. The van der Waals surface area contributed by atoms with Gasteiger partial charge in [0.1, 0.15) is 11.5 Å². The summed E-state index contributed by atoms with van der Waals surface area (Å²) in [6, 6.07) is 20.3. The van der Waals surface area contributed by atoms with Gasteiger partial charge in [-0.2, -0.15) is 5.10 Å². The highest BCUT2D eigenvalue weighted by atomic mass is 35.5. The number of hydrazone groups is 1. The molecule has 0 aliphatic rings. The summed E-state index contributed by atoms with van der Waals surface area (Å²) in [5, 5.41) is 9.89. The molecule has 0 radical (unpaired) electrons. The van der Waals surface area contributed by atoms with Crippen LogP contribution in [-0.2, 0) is 4.79 Å². The van der Waals surface area contributed by atoms with Gasteiger partial charge < -0.3 is 20.1 Å². The summed E-state index contributed by atoms with van der Waals surface area (Å²) in [6.07, 6.45) is 1.49. The molecule has 0 spiro atoms. The van der Waals surface area contributed by atoms with Gasteiger partial charge in [-0.25, -0.2) is 10.2 Å². The summed E-state index contributed by atoms with van der Waals surface area (Å²) >= 11 is 5.82. The topological polar surface area (TPSA) is 101 Å². The number of nitrogens with one attached hydrogen (secondary N) is 3. The normalized spacial score (nSPS) is 10.4. The van der Waals surface area contributed by atoms with Crippen LogP contribution in [0.25, 0.3) is 0 Å². The van der Waals surface area contributed by atoms with Crippen LogP contribution in [0.2, 0.25) is 5.02 Å². The highest BCUT2D eigenvalue weighted by molar-refractivity contribution is 6.30. The van der Waals surface area contributed by atoms with Crippen molar-refractivity contribution in [1.29, 1.82) is 0 Å². The zero-order chi connectivity index (χ0) is 22.8. The molecule has 0 bridgehead atoms. The van der Waals surface area contributed by atoms with Crippen LogP contribution in [0.15, 0.2) is 77.9 Å². The van der Waals surface area contributed by atoms with E-state index in [0.717, 1.165) is 5.56 Å². The number of rotatable bonds is 8. The molecule has 0 unspecified atom stereocenters. The van der Waals surface area contributed by atoms with Gasteiger partial charge in [0, 0.05) is 22.0 Å². The number of carbonyl (C=O) groups is 2. The Hall–Kier alpha value is -4.04. The minimum Gasteiger partial charge on any atom is -0.496 e. The Morgan fingerprint density at radius 1 is 0.938 bits per heavy atom. The van der Waals surface area contributed by atoms with Crippen molar-refractivity contribution in [2.75, 3.05) is 24.4 Å². The summed E-state index contributed by atoms with van der Waals surface area (Å²) in [6.45, 7) is -0.215. The summed E-state index contributed by atoms with van der Waals surface area (Å²) in [5.41, 5.74) is 4.31. The molecule has 3 rings (SSSR count). The molecule has 3 amide bonds. The maximum absolute atomic E-state index is 12.0. The number of hydrogen-bond acceptors (Lipinski definition) is 5. The predicted molar refractivity (Wildman–Crippen MR) is 125 cm³/mol. The molecule has 32 heavy (non-hydrogen) atoms. The predicted octanol–water partition coefficient (Wildman–Crippen LogP) is 4.52. The number of methoxy groups -OCH3 is 1. The Morgan fingerprint density at radius 3 is 2.22 bits per heavy atom. The van der Waals surface area contributed by atoms with Gasteiger partial charge in [-0.15, -0.1) is 0 Å². The Labute approximate surface area is 190 Å². The van der Waals surface area contributed by atoms with Crippen LogP contribution in [0.1, 0.15) is 5.56 Å². The lowest BCUT2D eigenvalue weighted by Crippen LogP contribution is -2.24. The first-order valence-corrected chi connectivity index (χ1v) is 9.92. The monoisotopic (exact) mass is 452 g/mol. The van der Waals surface area contributed by atoms with Crippen molar-refractivity contribution in [3.05, 3.63) is 83.4 Å². The first-order valence-electron chi connectivity index (χ1n) is 9.55. The summed E-state index contributed by atoms with van der Waals surface area (Å²) in [5.74, 6) is 0.704. The number of halogens is 1. The molecule has 3 aromatic rings. The lowest BCUT2D eigenvalue weighted by Gasteiger charge is -2.09. The van der Waals surface area contributed by atoms with Gasteiger partial charge in [0.15, 0.2) is 6.61 Å². The second-order valence-electron chi connectivity index (χ2n) is 6.43. The van der Waals surface area contributed by atoms with Crippen molar-refractivity contribution >= 4 is 41.1 Å². The molecule has 8 nitrogen and oxygen atoms in total. The molecular weight excluding hydrogens is 432 g/mol. The third-order valence-corrected chi connectivity index (χ3v) is 4.37. The van der Waals surface area contributed by atoms with Crippen molar-refractivity contribution in [2.45, 2.75) is 0 Å². The number of anilines is 2. The highest BCUT2D eigenvalue weighted by Crippen LogP contribution is 2.17. The second kappa shape index (κ2) is 11.4. The third-order valence-electron chi connectivity index (χ3n) is 4.12. The molecule has 0 saturated carbocycles. The number of hydrogen-bond donors (Lipinski definition) is 3. The summed E-state index contributed by atoms with van der Waals surface area (Å²) < 4.78 is 10.6. The van der Waals surface area contributed by atoms with Crippen molar-refractivity contribution in [3.8, 4) is 11.5 Å². The molecule has 3 N–H and O–H groups in total. The lowest BCUT2D eigenvalue weighted by atomic mass is 10.2. The van der Waals surface area contributed by atoms with Crippen molar-refractivity contribution in [3.63, 3.8) is 0 Å². The quantitative estimate of drug-likeness (QED) is 0.345. The molecule has 0 aliphatic carbocycles. The fraction of sp³-hybridized carbons (Fsp3) is 0.0870. The van der Waals surface area contributed by atoms with E-state index in [1.54, 1.807) is 61.7 Å². The molecular formula is C23H21ClN4O4. The lowest BCUT2D eigenvalue weighted by molar-refractivity contribution is -0.123. The molecule has 9 heteroatoms. The molecule has 0 aromatic heterocycles. The van der Waals surface area contributed by atoms with E-state index in [4.69, 9.17) is 21.1 Å². The van der Waals surface area contributed by atoms with Crippen LogP contribution in [0.4, 0.5) is 16.2 Å². The smallest absolute Gasteiger partial charge is 0.323 e.